The first-order chi connectivity index (χ1) is 13.6. The van der Waals surface area contributed by atoms with E-state index in [-0.39, 0.29) is 5.91 Å². The molecule has 2 aliphatic heterocycles. The van der Waals surface area contributed by atoms with E-state index in [4.69, 9.17) is 4.42 Å². The average molecular weight is 383 g/mol. The molecule has 4 heterocycles. The van der Waals surface area contributed by atoms with Crippen molar-refractivity contribution in [2.45, 2.75) is 39.5 Å². The molecule has 0 atom stereocenters. The van der Waals surface area contributed by atoms with Crippen LogP contribution in [-0.4, -0.2) is 60.3 Å². The van der Waals surface area contributed by atoms with Crippen molar-refractivity contribution in [3.05, 3.63) is 35.3 Å². The summed E-state index contributed by atoms with van der Waals surface area (Å²) in [5.41, 5.74) is 0.674. The fourth-order valence-electron chi connectivity index (χ4n) is 4.11. The molecule has 4 rings (SSSR count). The zero-order chi connectivity index (χ0) is 19.5. The van der Waals surface area contributed by atoms with E-state index in [2.05, 4.69) is 32.1 Å². The Morgan fingerprint density at radius 1 is 0.857 bits per heavy atom. The van der Waals surface area contributed by atoms with Gasteiger partial charge in [-0.15, -0.1) is 10.2 Å². The van der Waals surface area contributed by atoms with E-state index < -0.39 is 0 Å². The molecule has 2 aromatic heterocycles. The maximum atomic E-state index is 12.7. The number of hydrogen-bond acceptors (Lipinski definition) is 6. The van der Waals surface area contributed by atoms with Crippen molar-refractivity contribution >= 4 is 17.5 Å². The molecule has 150 valence electrons. The number of carbonyl (C=O) groups excluding carboxylic acids is 1. The Balaban J connectivity index is 1.35. The van der Waals surface area contributed by atoms with E-state index in [1.807, 2.05) is 24.8 Å². The van der Waals surface area contributed by atoms with E-state index >= 15 is 0 Å². The van der Waals surface area contributed by atoms with Gasteiger partial charge in [0, 0.05) is 39.3 Å². The third kappa shape index (κ3) is 3.98. The lowest BCUT2D eigenvalue weighted by Crippen LogP contribution is -2.49. The highest BCUT2D eigenvalue weighted by molar-refractivity contribution is 5.95. The molecule has 0 spiro atoms. The smallest absolute Gasteiger partial charge is 0.257 e. The van der Waals surface area contributed by atoms with Crippen LogP contribution in [0.25, 0.3) is 0 Å². The second-order valence-electron chi connectivity index (χ2n) is 7.76. The predicted octanol–water partition coefficient (Wildman–Crippen LogP) is 3.03. The lowest BCUT2D eigenvalue weighted by Gasteiger charge is -2.35. The van der Waals surface area contributed by atoms with Crippen LogP contribution in [0.2, 0.25) is 0 Å². The molecule has 2 aromatic rings. The number of rotatable bonds is 3. The summed E-state index contributed by atoms with van der Waals surface area (Å²) in [6.07, 6.45) is 5.08. The Labute approximate surface area is 166 Å². The van der Waals surface area contributed by atoms with E-state index in [9.17, 15) is 4.79 Å². The number of amides is 1. The first-order valence-electron chi connectivity index (χ1n) is 10.3. The largest absolute Gasteiger partial charge is 0.466 e. The number of furan rings is 1. The lowest BCUT2D eigenvalue weighted by molar-refractivity contribution is 0.0744. The molecule has 0 bridgehead atoms. The second kappa shape index (κ2) is 8.20. The summed E-state index contributed by atoms with van der Waals surface area (Å²) in [6.45, 7) is 8.74. The molecule has 0 saturated carbocycles. The average Bonchev–Trinajstić information content (AvgIpc) is 2.90. The van der Waals surface area contributed by atoms with Crippen LogP contribution >= 0.6 is 0 Å². The number of aromatic nitrogens is 2. The standard InChI is InChI=1S/C21H29N5O2/c1-16-15-18(17(2)28-16)21(27)26-13-11-25(12-14-26)20-8-7-19(22-23-20)24-9-5-3-4-6-10-24/h7-8,15H,3-6,9-14H2,1-2H3. The fraction of sp³-hybridized carbons (Fsp3) is 0.571. The van der Waals surface area contributed by atoms with E-state index in [0.29, 0.717) is 24.4 Å². The molecule has 0 radical (unpaired) electrons. The molecule has 2 fully saturated rings. The van der Waals surface area contributed by atoms with Gasteiger partial charge in [0.25, 0.3) is 5.91 Å². The molecule has 0 aliphatic carbocycles. The van der Waals surface area contributed by atoms with E-state index in [0.717, 1.165) is 43.6 Å². The minimum absolute atomic E-state index is 0.0524. The van der Waals surface area contributed by atoms with Crippen LogP contribution in [0.3, 0.4) is 0 Å². The topological polar surface area (TPSA) is 65.7 Å². The predicted molar refractivity (Wildman–Crippen MR) is 109 cm³/mol. The summed E-state index contributed by atoms with van der Waals surface area (Å²) in [5, 5.41) is 8.95. The van der Waals surface area contributed by atoms with E-state index in [1.165, 1.54) is 25.7 Å². The summed E-state index contributed by atoms with van der Waals surface area (Å²) >= 11 is 0. The minimum Gasteiger partial charge on any atom is -0.466 e. The summed E-state index contributed by atoms with van der Waals surface area (Å²) in [6, 6.07) is 5.98. The van der Waals surface area contributed by atoms with Crippen LogP contribution in [0.15, 0.2) is 22.6 Å². The van der Waals surface area contributed by atoms with Crippen molar-refractivity contribution in [2.75, 3.05) is 49.1 Å². The number of nitrogens with zero attached hydrogens (tertiary/aromatic N) is 5. The van der Waals surface area contributed by atoms with Crippen molar-refractivity contribution in [1.29, 1.82) is 0 Å². The third-order valence-corrected chi connectivity index (χ3v) is 5.73. The maximum Gasteiger partial charge on any atom is 0.257 e. The van der Waals surface area contributed by atoms with Gasteiger partial charge in [0.1, 0.15) is 11.5 Å². The number of hydrogen-bond donors (Lipinski definition) is 0. The minimum atomic E-state index is 0.0524. The molecule has 0 aromatic carbocycles. The zero-order valence-corrected chi connectivity index (χ0v) is 16.9. The zero-order valence-electron chi connectivity index (χ0n) is 16.9. The molecule has 0 unspecified atom stereocenters. The van der Waals surface area contributed by atoms with Gasteiger partial charge < -0.3 is 19.1 Å². The summed E-state index contributed by atoms with van der Waals surface area (Å²) < 4.78 is 5.51. The maximum absolute atomic E-state index is 12.7. The molecule has 7 nitrogen and oxygen atoms in total. The molecule has 28 heavy (non-hydrogen) atoms. The summed E-state index contributed by atoms with van der Waals surface area (Å²) in [7, 11) is 0. The Bertz CT molecular complexity index is 801. The first kappa shape index (κ1) is 18.8. The third-order valence-electron chi connectivity index (χ3n) is 5.73. The highest BCUT2D eigenvalue weighted by Gasteiger charge is 2.25. The van der Waals surface area contributed by atoms with E-state index in [1.54, 1.807) is 0 Å². The van der Waals surface area contributed by atoms with Crippen molar-refractivity contribution in [3.8, 4) is 0 Å². The molecular weight excluding hydrogens is 354 g/mol. The van der Waals surface area contributed by atoms with Crippen LogP contribution < -0.4 is 9.80 Å². The van der Waals surface area contributed by atoms with Gasteiger partial charge >= 0.3 is 0 Å². The van der Waals surface area contributed by atoms with Crippen molar-refractivity contribution in [2.24, 2.45) is 0 Å². The molecular formula is C21H29N5O2. The van der Waals surface area contributed by atoms with Gasteiger partial charge in [0.15, 0.2) is 11.6 Å². The Hall–Kier alpha value is -2.57. The van der Waals surface area contributed by atoms with Gasteiger partial charge in [0.05, 0.1) is 5.56 Å². The molecule has 1 amide bonds. The van der Waals surface area contributed by atoms with Gasteiger partial charge in [-0.1, -0.05) is 12.8 Å². The Morgan fingerprint density at radius 3 is 1.93 bits per heavy atom. The van der Waals surface area contributed by atoms with Gasteiger partial charge in [-0.2, -0.15) is 0 Å². The molecule has 2 saturated heterocycles. The van der Waals surface area contributed by atoms with Crippen LogP contribution in [0.5, 0.6) is 0 Å². The molecule has 7 heteroatoms. The molecule has 0 N–H and O–H groups in total. The fourth-order valence-corrected chi connectivity index (χ4v) is 4.11. The summed E-state index contributed by atoms with van der Waals surface area (Å²) in [5.74, 6) is 3.39. The number of carbonyl (C=O) groups is 1. The van der Waals surface area contributed by atoms with Crippen LogP contribution in [0, 0.1) is 13.8 Å². The highest BCUT2D eigenvalue weighted by Crippen LogP contribution is 2.21. The van der Waals surface area contributed by atoms with Crippen LogP contribution in [0.4, 0.5) is 11.6 Å². The monoisotopic (exact) mass is 383 g/mol. The normalized spacial score (nSPS) is 18.3. The van der Waals surface area contributed by atoms with Crippen molar-refractivity contribution < 1.29 is 9.21 Å². The van der Waals surface area contributed by atoms with Gasteiger partial charge in [-0.25, -0.2) is 0 Å². The van der Waals surface area contributed by atoms with Gasteiger partial charge in [0.2, 0.25) is 0 Å². The van der Waals surface area contributed by atoms with Crippen molar-refractivity contribution in [3.63, 3.8) is 0 Å². The Morgan fingerprint density at radius 2 is 1.43 bits per heavy atom. The Kier molecular flexibility index (Phi) is 5.50. The highest BCUT2D eigenvalue weighted by atomic mass is 16.3. The lowest BCUT2D eigenvalue weighted by atomic mass is 10.2. The number of piperazine rings is 1. The van der Waals surface area contributed by atoms with Crippen LogP contribution in [-0.2, 0) is 0 Å². The van der Waals surface area contributed by atoms with Gasteiger partial charge in [-0.05, 0) is 44.9 Å². The first-order valence-corrected chi connectivity index (χ1v) is 10.3. The van der Waals surface area contributed by atoms with Crippen molar-refractivity contribution in [1.82, 2.24) is 15.1 Å². The molecule has 2 aliphatic rings. The second-order valence-corrected chi connectivity index (χ2v) is 7.76. The summed E-state index contributed by atoms with van der Waals surface area (Å²) in [4.78, 5) is 19.2. The van der Waals surface area contributed by atoms with Crippen LogP contribution in [0.1, 0.15) is 47.6 Å². The SMILES string of the molecule is Cc1cc(C(=O)N2CCN(c3ccc(N4CCCCCC4)nn3)CC2)c(C)o1. The quantitative estimate of drug-likeness (QED) is 0.812. The van der Waals surface area contributed by atoms with Gasteiger partial charge in [-0.3, -0.25) is 4.79 Å². The number of anilines is 2. The number of aryl methyl sites for hydroxylation is 2.